The summed E-state index contributed by atoms with van der Waals surface area (Å²) in [4.78, 5) is 1.34. The van der Waals surface area contributed by atoms with Gasteiger partial charge in [-0.3, -0.25) is 0 Å². The van der Waals surface area contributed by atoms with Crippen LogP contribution in [0.15, 0.2) is 35.7 Å². The lowest BCUT2D eigenvalue weighted by atomic mass is 9.83. The summed E-state index contributed by atoms with van der Waals surface area (Å²) in [5.74, 6) is 0. The lowest BCUT2D eigenvalue weighted by Crippen LogP contribution is -2.14. The minimum atomic E-state index is 0.131. The summed E-state index contributed by atoms with van der Waals surface area (Å²) in [7, 11) is 0. The molecule has 1 heterocycles. The van der Waals surface area contributed by atoms with Crippen LogP contribution in [0.1, 0.15) is 41.6 Å². The summed E-state index contributed by atoms with van der Waals surface area (Å²) in [6.45, 7) is 6.71. The molecule has 0 saturated carbocycles. The van der Waals surface area contributed by atoms with Crippen LogP contribution in [-0.4, -0.2) is 0 Å². The van der Waals surface area contributed by atoms with Crippen molar-refractivity contribution in [3.05, 3.63) is 56.7 Å². The van der Waals surface area contributed by atoms with Gasteiger partial charge in [-0.05, 0) is 28.0 Å². The van der Waals surface area contributed by atoms with Crippen molar-refractivity contribution in [3.63, 3.8) is 0 Å². The van der Waals surface area contributed by atoms with Gasteiger partial charge in [0.2, 0.25) is 0 Å². The molecule has 1 unspecified atom stereocenters. The van der Waals surface area contributed by atoms with Gasteiger partial charge in [0.15, 0.2) is 0 Å². The molecule has 0 aliphatic rings. The number of halogens is 2. The molecule has 0 N–H and O–H groups in total. The van der Waals surface area contributed by atoms with Gasteiger partial charge in [-0.2, -0.15) is 0 Å². The molecule has 0 fully saturated rings. The predicted molar refractivity (Wildman–Crippen MR) is 85.2 cm³/mol. The van der Waals surface area contributed by atoms with Gasteiger partial charge in [-0.25, -0.2) is 0 Å². The van der Waals surface area contributed by atoms with Crippen molar-refractivity contribution >= 4 is 38.9 Å². The average molecular weight is 344 g/mol. The van der Waals surface area contributed by atoms with E-state index in [-0.39, 0.29) is 10.2 Å². The quantitative estimate of drug-likeness (QED) is 0.571. The third kappa shape index (κ3) is 2.81. The Morgan fingerprint density at radius 2 is 1.83 bits per heavy atom. The molecular weight excluding hydrogens is 328 g/mol. The molecule has 0 nitrogen and oxygen atoms in total. The zero-order valence-electron chi connectivity index (χ0n) is 10.7. The summed E-state index contributed by atoms with van der Waals surface area (Å²) in [6, 6.07) is 10.5. The Morgan fingerprint density at radius 3 is 2.39 bits per heavy atom. The third-order valence-corrected chi connectivity index (χ3v) is 5.59. The molecule has 18 heavy (non-hydrogen) atoms. The molecule has 96 valence electrons. The van der Waals surface area contributed by atoms with E-state index in [0.717, 1.165) is 5.02 Å². The first-order valence-electron chi connectivity index (χ1n) is 5.87. The topological polar surface area (TPSA) is 0 Å². The first-order chi connectivity index (χ1) is 8.41. The summed E-state index contributed by atoms with van der Waals surface area (Å²) >= 11 is 11.7. The number of rotatable bonds is 2. The molecule has 0 spiro atoms. The van der Waals surface area contributed by atoms with Gasteiger partial charge in [0.1, 0.15) is 0 Å². The molecule has 1 aromatic heterocycles. The van der Waals surface area contributed by atoms with Crippen LogP contribution in [0.5, 0.6) is 0 Å². The Bertz CT molecular complexity index is 539. The SMILES string of the molecule is CC(C)(C)c1ccccc1C(Br)c1sccc1Cl. The third-order valence-electron chi connectivity index (χ3n) is 2.92. The van der Waals surface area contributed by atoms with Crippen molar-refractivity contribution < 1.29 is 0 Å². The van der Waals surface area contributed by atoms with Crippen molar-refractivity contribution in [3.8, 4) is 0 Å². The van der Waals surface area contributed by atoms with Crippen LogP contribution in [-0.2, 0) is 5.41 Å². The second-order valence-corrected chi connectivity index (χ2v) is 7.60. The summed E-state index contributed by atoms with van der Waals surface area (Å²) < 4.78 is 0. The largest absolute Gasteiger partial charge is 0.146 e. The highest BCUT2D eigenvalue weighted by molar-refractivity contribution is 9.09. The molecule has 0 saturated heterocycles. The Balaban J connectivity index is 2.49. The van der Waals surface area contributed by atoms with E-state index in [1.807, 2.05) is 11.4 Å². The van der Waals surface area contributed by atoms with Gasteiger partial charge in [-0.1, -0.05) is 72.6 Å². The Hall–Kier alpha value is -0.310. The Labute approximate surface area is 126 Å². The van der Waals surface area contributed by atoms with E-state index < -0.39 is 0 Å². The van der Waals surface area contributed by atoms with Gasteiger partial charge >= 0.3 is 0 Å². The highest BCUT2D eigenvalue weighted by Crippen LogP contribution is 2.42. The van der Waals surface area contributed by atoms with Crippen LogP contribution in [0.2, 0.25) is 5.02 Å². The highest BCUT2D eigenvalue weighted by Gasteiger charge is 2.23. The first-order valence-corrected chi connectivity index (χ1v) is 8.05. The molecule has 2 rings (SSSR count). The van der Waals surface area contributed by atoms with E-state index >= 15 is 0 Å². The summed E-state index contributed by atoms with van der Waals surface area (Å²) in [6.07, 6.45) is 0. The lowest BCUT2D eigenvalue weighted by Gasteiger charge is -2.25. The van der Waals surface area contributed by atoms with Gasteiger partial charge in [0, 0.05) is 4.88 Å². The minimum absolute atomic E-state index is 0.131. The van der Waals surface area contributed by atoms with E-state index in [2.05, 4.69) is 61.0 Å². The molecule has 3 heteroatoms. The maximum absolute atomic E-state index is 6.23. The zero-order valence-corrected chi connectivity index (χ0v) is 13.9. The molecular formula is C15H16BrClS. The molecule has 0 bridgehead atoms. The molecule has 0 aliphatic heterocycles. The number of hydrogen-bond acceptors (Lipinski definition) is 1. The maximum Gasteiger partial charge on any atom is 0.0755 e. The summed E-state index contributed by atoms with van der Waals surface area (Å²) in [5, 5.41) is 2.87. The second-order valence-electron chi connectivity index (χ2n) is 5.33. The normalized spacial score (nSPS) is 13.6. The lowest BCUT2D eigenvalue weighted by molar-refractivity contribution is 0.584. The minimum Gasteiger partial charge on any atom is -0.146 e. The molecule has 1 aromatic carbocycles. The number of benzene rings is 1. The molecule has 1 atom stereocenters. The molecule has 0 aliphatic carbocycles. The fraction of sp³-hybridized carbons (Fsp3) is 0.333. The Kier molecular flexibility index (Phi) is 4.20. The van der Waals surface area contributed by atoms with Crippen molar-refractivity contribution in [2.75, 3.05) is 0 Å². The second kappa shape index (κ2) is 5.36. The smallest absolute Gasteiger partial charge is 0.0755 e. The van der Waals surface area contributed by atoms with E-state index in [4.69, 9.17) is 11.6 Å². The highest BCUT2D eigenvalue weighted by atomic mass is 79.9. The number of hydrogen-bond donors (Lipinski definition) is 0. The van der Waals surface area contributed by atoms with Crippen molar-refractivity contribution in [1.29, 1.82) is 0 Å². The van der Waals surface area contributed by atoms with Crippen molar-refractivity contribution in [2.45, 2.75) is 31.0 Å². The summed E-state index contributed by atoms with van der Waals surface area (Å²) in [5.41, 5.74) is 2.79. The van der Waals surface area contributed by atoms with Crippen LogP contribution in [0, 0.1) is 0 Å². The van der Waals surface area contributed by atoms with E-state index in [9.17, 15) is 0 Å². The van der Waals surface area contributed by atoms with Crippen molar-refractivity contribution in [1.82, 2.24) is 0 Å². The Morgan fingerprint density at radius 1 is 1.17 bits per heavy atom. The average Bonchev–Trinajstić information content (AvgIpc) is 2.73. The monoisotopic (exact) mass is 342 g/mol. The van der Waals surface area contributed by atoms with Gasteiger partial charge in [0.25, 0.3) is 0 Å². The molecule has 2 aromatic rings. The van der Waals surface area contributed by atoms with Gasteiger partial charge in [-0.15, -0.1) is 11.3 Å². The zero-order chi connectivity index (χ0) is 13.3. The standard InChI is InChI=1S/C15H16BrClS/c1-15(2,3)11-7-5-4-6-10(11)13(16)14-12(17)8-9-18-14/h4-9,13H,1-3H3. The van der Waals surface area contributed by atoms with Crippen LogP contribution < -0.4 is 0 Å². The fourth-order valence-electron chi connectivity index (χ4n) is 2.03. The molecule has 0 amide bonds. The van der Waals surface area contributed by atoms with Gasteiger partial charge in [0.05, 0.1) is 9.85 Å². The number of thiophene rings is 1. The maximum atomic E-state index is 6.23. The predicted octanol–water partition coefficient (Wildman–Crippen LogP) is 6.18. The van der Waals surface area contributed by atoms with Crippen molar-refractivity contribution in [2.24, 2.45) is 0 Å². The van der Waals surface area contributed by atoms with E-state index in [1.54, 1.807) is 11.3 Å². The van der Waals surface area contributed by atoms with Crippen LogP contribution in [0.25, 0.3) is 0 Å². The van der Waals surface area contributed by atoms with E-state index in [1.165, 1.54) is 16.0 Å². The van der Waals surface area contributed by atoms with Crippen LogP contribution in [0.3, 0.4) is 0 Å². The van der Waals surface area contributed by atoms with E-state index in [0.29, 0.717) is 0 Å². The fourth-order valence-corrected chi connectivity index (χ4v) is 4.29. The van der Waals surface area contributed by atoms with Gasteiger partial charge < -0.3 is 0 Å². The van der Waals surface area contributed by atoms with Crippen LogP contribution in [0.4, 0.5) is 0 Å². The van der Waals surface area contributed by atoms with Crippen LogP contribution >= 0.6 is 38.9 Å². The molecule has 0 radical (unpaired) electrons. The first kappa shape index (κ1) is 14.1. The number of alkyl halides is 1.